The highest BCUT2D eigenvalue weighted by atomic mass is 32.2. The van der Waals surface area contributed by atoms with Crippen molar-refractivity contribution in [3.8, 4) is 0 Å². The standard InChI is InChI=1S/C15H27N3S/c1-3-5-6-7-8-9-10-11-12-14-16-15(18-17-14)19-13-4-2/h3H,1,4-13H2,2H3,(H,16,17,18). The van der Waals surface area contributed by atoms with Gasteiger partial charge in [-0.05, 0) is 25.7 Å². The van der Waals surface area contributed by atoms with Gasteiger partial charge in [-0.1, -0.05) is 50.4 Å². The molecular weight excluding hydrogens is 254 g/mol. The summed E-state index contributed by atoms with van der Waals surface area (Å²) in [6.07, 6.45) is 13.2. The molecule has 4 heteroatoms. The third kappa shape index (κ3) is 8.09. The summed E-state index contributed by atoms with van der Waals surface area (Å²) in [4.78, 5) is 4.49. The molecule has 1 aromatic heterocycles. The van der Waals surface area contributed by atoms with Gasteiger partial charge in [-0.2, -0.15) is 0 Å². The predicted octanol–water partition coefficient (Wildman–Crippen LogP) is 4.77. The van der Waals surface area contributed by atoms with Gasteiger partial charge in [-0.25, -0.2) is 4.98 Å². The van der Waals surface area contributed by atoms with E-state index in [9.17, 15) is 0 Å². The van der Waals surface area contributed by atoms with Crippen molar-refractivity contribution in [3.05, 3.63) is 18.5 Å². The minimum absolute atomic E-state index is 0.904. The molecule has 0 aromatic carbocycles. The van der Waals surface area contributed by atoms with Gasteiger partial charge in [0.15, 0.2) is 0 Å². The number of aryl methyl sites for hydroxylation is 1. The Hall–Kier alpha value is -0.770. The van der Waals surface area contributed by atoms with Gasteiger partial charge in [-0.3, -0.25) is 5.10 Å². The number of rotatable bonds is 12. The van der Waals surface area contributed by atoms with Crippen molar-refractivity contribution in [3.63, 3.8) is 0 Å². The molecule has 0 atom stereocenters. The van der Waals surface area contributed by atoms with Crippen LogP contribution in [0.4, 0.5) is 0 Å². The summed E-state index contributed by atoms with van der Waals surface area (Å²) >= 11 is 1.73. The third-order valence-electron chi connectivity index (χ3n) is 3.02. The van der Waals surface area contributed by atoms with Gasteiger partial charge in [0.2, 0.25) is 5.16 Å². The molecule has 1 aromatic rings. The molecule has 108 valence electrons. The number of H-pyrrole nitrogens is 1. The van der Waals surface area contributed by atoms with E-state index in [0.29, 0.717) is 0 Å². The lowest BCUT2D eigenvalue weighted by molar-refractivity contribution is 0.591. The highest BCUT2D eigenvalue weighted by Crippen LogP contribution is 2.14. The van der Waals surface area contributed by atoms with E-state index < -0.39 is 0 Å². The van der Waals surface area contributed by atoms with Crippen molar-refractivity contribution in [2.75, 3.05) is 5.75 Å². The fourth-order valence-electron chi connectivity index (χ4n) is 1.94. The Labute approximate surface area is 121 Å². The van der Waals surface area contributed by atoms with Gasteiger partial charge < -0.3 is 0 Å². The molecule has 0 aliphatic heterocycles. The summed E-state index contributed by atoms with van der Waals surface area (Å²) in [6.45, 7) is 5.92. The average molecular weight is 281 g/mol. The summed E-state index contributed by atoms with van der Waals surface area (Å²) in [7, 11) is 0. The van der Waals surface area contributed by atoms with E-state index in [2.05, 4.69) is 28.7 Å². The largest absolute Gasteiger partial charge is 0.262 e. The molecule has 1 heterocycles. The Morgan fingerprint density at radius 2 is 1.89 bits per heavy atom. The Bertz CT molecular complexity index is 336. The Balaban J connectivity index is 1.99. The maximum absolute atomic E-state index is 4.49. The SMILES string of the molecule is C=CCCCCCCCCc1nc(SCCC)n[nH]1. The molecule has 0 radical (unpaired) electrons. The number of hydrogen-bond acceptors (Lipinski definition) is 3. The summed E-state index contributed by atoms with van der Waals surface area (Å²) in [5.41, 5.74) is 0. The van der Waals surface area contributed by atoms with E-state index in [1.807, 2.05) is 6.08 Å². The number of hydrogen-bond donors (Lipinski definition) is 1. The van der Waals surface area contributed by atoms with Crippen molar-refractivity contribution in [2.45, 2.75) is 69.9 Å². The number of nitrogens with one attached hydrogen (secondary N) is 1. The van der Waals surface area contributed by atoms with E-state index in [0.717, 1.165) is 29.6 Å². The quantitative estimate of drug-likeness (QED) is 0.341. The molecule has 0 unspecified atom stereocenters. The minimum Gasteiger partial charge on any atom is -0.262 e. The lowest BCUT2D eigenvalue weighted by Gasteiger charge is -1.99. The van der Waals surface area contributed by atoms with Crippen LogP contribution in [0.1, 0.15) is 64.1 Å². The average Bonchev–Trinajstić information content (AvgIpc) is 2.87. The normalized spacial score (nSPS) is 10.8. The maximum Gasteiger partial charge on any atom is 0.208 e. The van der Waals surface area contributed by atoms with E-state index in [4.69, 9.17) is 0 Å². The maximum atomic E-state index is 4.49. The Kier molecular flexibility index (Phi) is 9.51. The molecule has 0 spiro atoms. The molecule has 0 fully saturated rings. The van der Waals surface area contributed by atoms with Crippen molar-refractivity contribution in [1.82, 2.24) is 15.2 Å². The van der Waals surface area contributed by atoms with Gasteiger partial charge in [0.05, 0.1) is 0 Å². The zero-order valence-electron chi connectivity index (χ0n) is 12.2. The molecule has 0 aliphatic rings. The highest BCUT2D eigenvalue weighted by Gasteiger charge is 2.02. The van der Waals surface area contributed by atoms with Gasteiger partial charge >= 0.3 is 0 Å². The lowest BCUT2D eigenvalue weighted by Crippen LogP contribution is -1.89. The molecule has 0 amide bonds. The molecule has 0 saturated carbocycles. The van der Waals surface area contributed by atoms with Crippen molar-refractivity contribution in [1.29, 1.82) is 0 Å². The van der Waals surface area contributed by atoms with Crippen LogP contribution in [0.25, 0.3) is 0 Å². The number of unbranched alkanes of at least 4 members (excludes halogenated alkanes) is 6. The molecule has 1 N–H and O–H groups in total. The lowest BCUT2D eigenvalue weighted by atomic mass is 10.1. The van der Waals surface area contributed by atoms with Gasteiger partial charge in [0.25, 0.3) is 0 Å². The zero-order chi connectivity index (χ0) is 13.8. The summed E-state index contributed by atoms with van der Waals surface area (Å²) in [5.74, 6) is 2.15. The summed E-state index contributed by atoms with van der Waals surface area (Å²) < 4.78 is 0. The molecule has 0 saturated heterocycles. The monoisotopic (exact) mass is 281 g/mol. The third-order valence-corrected chi connectivity index (χ3v) is 4.07. The van der Waals surface area contributed by atoms with Crippen molar-refractivity contribution in [2.24, 2.45) is 0 Å². The van der Waals surface area contributed by atoms with Crippen LogP contribution in [0.3, 0.4) is 0 Å². The fourth-order valence-corrected chi connectivity index (χ4v) is 2.61. The van der Waals surface area contributed by atoms with Crippen LogP contribution in [0.2, 0.25) is 0 Å². The second-order valence-electron chi connectivity index (χ2n) is 4.86. The van der Waals surface area contributed by atoms with E-state index in [1.165, 1.54) is 44.9 Å². The summed E-state index contributed by atoms with van der Waals surface area (Å²) in [6, 6.07) is 0. The number of nitrogens with zero attached hydrogens (tertiary/aromatic N) is 2. The molecule has 1 rings (SSSR count). The fraction of sp³-hybridized carbons (Fsp3) is 0.733. The smallest absolute Gasteiger partial charge is 0.208 e. The zero-order valence-corrected chi connectivity index (χ0v) is 13.0. The van der Waals surface area contributed by atoms with Crippen LogP contribution >= 0.6 is 11.8 Å². The van der Waals surface area contributed by atoms with Crippen LogP contribution in [-0.2, 0) is 6.42 Å². The van der Waals surface area contributed by atoms with Crippen LogP contribution in [0.15, 0.2) is 17.8 Å². The van der Waals surface area contributed by atoms with E-state index >= 15 is 0 Å². The first-order valence-electron chi connectivity index (χ1n) is 7.51. The molecule has 0 bridgehead atoms. The van der Waals surface area contributed by atoms with E-state index in [1.54, 1.807) is 11.8 Å². The number of aromatic amines is 1. The highest BCUT2D eigenvalue weighted by molar-refractivity contribution is 7.99. The topological polar surface area (TPSA) is 41.6 Å². The van der Waals surface area contributed by atoms with Crippen molar-refractivity contribution < 1.29 is 0 Å². The first kappa shape index (κ1) is 16.3. The Morgan fingerprint density at radius 3 is 2.63 bits per heavy atom. The summed E-state index contributed by atoms with van der Waals surface area (Å²) in [5, 5.41) is 8.16. The first-order valence-corrected chi connectivity index (χ1v) is 8.50. The number of allylic oxidation sites excluding steroid dienone is 1. The van der Waals surface area contributed by atoms with Gasteiger partial charge in [0, 0.05) is 12.2 Å². The van der Waals surface area contributed by atoms with Crippen LogP contribution in [0, 0.1) is 0 Å². The second-order valence-corrected chi connectivity index (χ2v) is 5.92. The number of thioether (sulfide) groups is 1. The molecule has 19 heavy (non-hydrogen) atoms. The van der Waals surface area contributed by atoms with Crippen LogP contribution in [0.5, 0.6) is 0 Å². The molecular formula is C15H27N3S. The van der Waals surface area contributed by atoms with Gasteiger partial charge in [0.1, 0.15) is 5.82 Å². The molecule has 0 aliphatic carbocycles. The predicted molar refractivity (Wildman–Crippen MR) is 83.6 cm³/mol. The first-order chi connectivity index (χ1) is 9.36. The van der Waals surface area contributed by atoms with Gasteiger partial charge in [-0.15, -0.1) is 11.7 Å². The van der Waals surface area contributed by atoms with E-state index in [-0.39, 0.29) is 0 Å². The van der Waals surface area contributed by atoms with Crippen LogP contribution < -0.4 is 0 Å². The van der Waals surface area contributed by atoms with Crippen LogP contribution in [-0.4, -0.2) is 20.9 Å². The molecule has 3 nitrogen and oxygen atoms in total. The second kappa shape index (κ2) is 11.1. The minimum atomic E-state index is 0.904. The Morgan fingerprint density at radius 1 is 1.16 bits per heavy atom. The van der Waals surface area contributed by atoms with Crippen molar-refractivity contribution >= 4 is 11.8 Å². The number of aromatic nitrogens is 3.